The molecule has 0 aliphatic heterocycles. The average molecular weight is 1160 g/mol. The Morgan fingerprint density at radius 1 is 0.804 bits per heavy atom. The van der Waals surface area contributed by atoms with Crippen molar-refractivity contribution in [2.24, 2.45) is 0 Å². The normalized spacial score (nSPS) is 10.7. The summed E-state index contributed by atoms with van der Waals surface area (Å²) in [5, 5.41) is 7.80. The molecule has 0 saturated heterocycles. The molecule has 0 spiro atoms. The predicted octanol–water partition coefficient (Wildman–Crippen LogP) is 11.5. The second-order valence-corrected chi connectivity index (χ2v) is 25.4. The lowest BCUT2D eigenvalue weighted by Crippen LogP contribution is -2.33. The van der Waals surface area contributed by atoms with Crippen molar-refractivity contribution in [3.05, 3.63) is 117 Å². The van der Waals surface area contributed by atoms with Crippen LogP contribution in [0.1, 0.15) is 55.0 Å². The number of amides is 2. The minimum absolute atomic E-state index is 0. The monoisotopic (exact) mass is 1150 g/mol. The summed E-state index contributed by atoms with van der Waals surface area (Å²) in [6, 6.07) is 20.6. The van der Waals surface area contributed by atoms with Crippen molar-refractivity contribution in [1.29, 1.82) is 0 Å². The zero-order chi connectivity index (χ0) is 40.0. The van der Waals surface area contributed by atoms with E-state index in [-0.39, 0.29) is 13.3 Å². The number of halogens is 5. The maximum atomic E-state index is 12.6. The van der Waals surface area contributed by atoms with Crippen LogP contribution in [-0.4, -0.2) is 60.5 Å². The smallest absolute Gasteiger partial charge is 0.407 e. The van der Waals surface area contributed by atoms with E-state index in [0.29, 0.717) is 46.5 Å². The average Bonchev–Trinajstić information content (AvgIpc) is 3.89. The topological polar surface area (TPSA) is 151 Å². The van der Waals surface area contributed by atoms with E-state index >= 15 is 0 Å². The van der Waals surface area contributed by atoms with Gasteiger partial charge in [0.05, 0.1) is 11.4 Å². The number of ether oxygens (including phenoxy) is 1. The van der Waals surface area contributed by atoms with Gasteiger partial charge in [0.1, 0.15) is 27.1 Å². The highest BCUT2D eigenvalue weighted by Crippen LogP contribution is 2.26. The van der Waals surface area contributed by atoms with E-state index in [1.165, 1.54) is 11.3 Å². The number of aromatic amines is 2. The Morgan fingerprint density at radius 3 is 1.77 bits per heavy atom. The number of nitrogens with one attached hydrogen (secondary N) is 4. The van der Waals surface area contributed by atoms with Gasteiger partial charge in [0, 0.05) is 77.1 Å². The van der Waals surface area contributed by atoms with E-state index in [9.17, 15) is 9.59 Å². The van der Waals surface area contributed by atoms with Gasteiger partial charge in [-0.3, -0.25) is 9.78 Å². The van der Waals surface area contributed by atoms with E-state index in [4.69, 9.17) is 27.9 Å². The SMILES string of the molecule is C.CC(C)(C)OC(=O)NCCc1cnc(-c2ccc(Cl)cc2)[nH]1.Cc1nc(-c2ccccn2)sc1C(=O)NCCc1cnc(-c2ccc(Cl)cc2)[nH]1.IC(I)I. The number of imidazole rings is 2. The molecule has 0 atom stereocenters. The van der Waals surface area contributed by atoms with Gasteiger partial charge >= 0.3 is 6.09 Å². The highest BCUT2D eigenvalue weighted by atomic mass is 127. The van der Waals surface area contributed by atoms with Gasteiger partial charge in [-0.05, 0) is 88.4 Å². The number of alkyl halides is 3. The Hall–Kier alpha value is -2.85. The summed E-state index contributed by atoms with van der Waals surface area (Å²) in [6.07, 6.45) is 6.16. The Morgan fingerprint density at radius 2 is 1.30 bits per heavy atom. The number of alkyl carbamates (subject to hydrolysis) is 1. The largest absolute Gasteiger partial charge is 0.444 e. The molecule has 4 aromatic heterocycles. The van der Waals surface area contributed by atoms with Crippen LogP contribution >= 0.6 is 102 Å². The number of carbonyl (C=O) groups excluding carboxylic acids is 2. The molecule has 0 bridgehead atoms. The molecule has 6 rings (SSSR count). The molecule has 4 heterocycles. The molecule has 0 aliphatic carbocycles. The summed E-state index contributed by atoms with van der Waals surface area (Å²) in [7, 11) is 0. The number of nitrogens with zero attached hydrogens (tertiary/aromatic N) is 4. The first kappa shape index (κ1) is 47.5. The maximum absolute atomic E-state index is 12.6. The molecule has 0 radical (unpaired) electrons. The van der Waals surface area contributed by atoms with Crippen molar-refractivity contribution in [2.45, 2.75) is 53.5 Å². The van der Waals surface area contributed by atoms with Crippen molar-refractivity contribution < 1.29 is 14.3 Å². The zero-order valence-electron chi connectivity index (χ0n) is 30.3. The Labute approximate surface area is 382 Å². The molecule has 0 aliphatic rings. The fourth-order valence-electron chi connectivity index (χ4n) is 4.69. The number of hydrogen-bond acceptors (Lipinski definition) is 8. The number of H-pyrrole nitrogens is 2. The van der Waals surface area contributed by atoms with E-state index < -0.39 is 11.7 Å². The van der Waals surface area contributed by atoms with Crippen LogP contribution in [0.5, 0.6) is 0 Å². The molecule has 2 amide bonds. The van der Waals surface area contributed by atoms with Crippen LogP contribution < -0.4 is 10.6 Å². The van der Waals surface area contributed by atoms with Gasteiger partial charge in [0.25, 0.3) is 5.91 Å². The molecule has 17 heteroatoms. The van der Waals surface area contributed by atoms with Gasteiger partial charge in [-0.15, -0.1) is 11.3 Å². The number of pyridine rings is 1. The van der Waals surface area contributed by atoms with E-state index in [0.717, 1.165) is 44.8 Å². The summed E-state index contributed by atoms with van der Waals surface area (Å²) in [5.41, 5.74) is 4.82. The van der Waals surface area contributed by atoms with Gasteiger partial charge in [0.2, 0.25) is 0 Å². The molecule has 298 valence electrons. The lowest BCUT2D eigenvalue weighted by Gasteiger charge is -2.19. The number of carbonyl (C=O) groups is 2. The molecule has 11 nitrogen and oxygen atoms in total. The van der Waals surface area contributed by atoms with E-state index in [1.54, 1.807) is 18.6 Å². The van der Waals surface area contributed by atoms with Gasteiger partial charge < -0.3 is 25.3 Å². The Kier molecular flexibility index (Phi) is 20.0. The highest BCUT2D eigenvalue weighted by molar-refractivity contribution is 14.3. The number of thiazole rings is 1. The third kappa shape index (κ3) is 16.6. The van der Waals surface area contributed by atoms with Crippen molar-refractivity contribution in [3.8, 4) is 33.5 Å². The third-order valence-electron chi connectivity index (χ3n) is 7.12. The standard InChI is InChI=1S/C21H18ClN5OS.C16H20ClN3O2.CHI3.CH4/c1-13-18(29-21(26-13)17-4-2-3-10-23-17)20(28)24-11-9-16-12-25-19(27-16)14-5-7-15(22)8-6-14;1-16(2,3)22-15(21)18-9-8-13-10-19-14(20-13)11-4-6-12(17)7-5-11;2-1(3)4;/h2-8,10,12H,9,11H2,1H3,(H,24,28)(H,25,27);4-7,10H,8-9H2,1-3H3,(H,18,21)(H,19,20);1H;1H4. The molecule has 4 N–H and O–H groups in total. The van der Waals surface area contributed by atoms with Gasteiger partial charge in [-0.1, -0.05) is 104 Å². The highest BCUT2D eigenvalue weighted by Gasteiger charge is 2.17. The van der Waals surface area contributed by atoms with Gasteiger partial charge in [-0.2, -0.15) is 0 Å². The third-order valence-corrected chi connectivity index (χ3v) is 8.80. The van der Waals surface area contributed by atoms with Crippen molar-refractivity contribution in [2.75, 3.05) is 13.1 Å². The first-order valence-corrected chi connectivity index (χ1v) is 22.1. The molecule has 0 saturated carbocycles. The molecule has 2 aromatic carbocycles. The fourth-order valence-corrected chi connectivity index (χ4v) is 5.90. The summed E-state index contributed by atoms with van der Waals surface area (Å²) in [5.74, 6) is 1.44. The predicted molar refractivity (Wildman–Crippen MR) is 255 cm³/mol. The number of aryl methyl sites for hydroxylation is 1. The molecular weight excluding hydrogens is 1110 g/mol. The van der Waals surface area contributed by atoms with E-state index in [2.05, 4.69) is 108 Å². The van der Waals surface area contributed by atoms with Crippen LogP contribution in [0.2, 0.25) is 10.0 Å². The molecular formula is C39H43Cl2I3N8O3S. The Bertz CT molecular complexity index is 2100. The second kappa shape index (κ2) is 23.5. The second-order valence-electron chi connectivity index (χ2n) is 12.6. The molecule has 56 heavy (non-hydrogen) atoms. The first-order valence-electron chi connectivity index (χ1n) is 16.8. The van der Waals surface area contributed by atoms with Crippen LogP contribution in [0.3, 0.4) is 0 Å². The minimum Gasteiger partial charge on any atom is -0.444 e. The number of hydrogen-bond donors (Lipinski definition) is 4. The van der Waals surface area contributed by atoms with Crippen molar-refractivity contribution in [3.63, 3.8) is 0 Å². The Balaban J connectivity index is 0.000000278. The van der Waals surface area contributed by atoms with Gasteiger partial charge in [0.15, 0.2) is 0 Å². The molecule has 0 fully saturated rings. The quantitative estimate of drug-likeness (QED) is 0.0788. The fraction of sp³-hybridized carbons (Fsp3) is 0.282. The van der Waals surface area contributed by atoms with Crippen LogP contribution in [0, 0.1) is 6.92 Å². The maximum Gasteiger partial charge on any atom is 0.407 e. The lowest BCUT2D eigenvalue weighted by atomic mass is 10.2. The molecule has 6 aromatic rings. The summed E-state index contributed by atoms with van der Waals surface area (Å²) >= 11 is 20.1. The number of rotatable bonds is 10. The number of benzene rings is 2. The first-order chi connectivity index (χ1) is 26.2. The van der Waals surface area contributed by atoms with E-state index in [1.807, 2.05) is 94.4 Å². The summed E-state index contributed by atoms with van der Waals surface area (Å²) < 4.78 is 5.92. The van der Waals surface area contributed by atoms with Gasteiger partial charge in [-0.25, -0.2) is 19.7 Å². The number of aromatic nitrogens is 6. The summed E-state index contributed by atoms with van der Waals surface area (Å²) in [4.78, 5) is 48.7. The molecule has 0 unspecified atom stereocenters. The van der Waals surface area contributed by atoms with Crippen molar-refractivity contribution in [1.82, 2.24) is 40.5 Å². The summed E-state index contributed by atoms with van der Waals surface area (Å²) in [6.45, 7) is 8.32. The zero-order valence-corrected chi connectivity index (χ0v) is 39.1. The van der Waals surface area contributed by atoms with Crippen LogP contribution in [0.4, 0.5) is 4.79 Å². The van der Waals surface area contributed by atoms with Crippen molar-refractivity contribution >= 4 is 114 Å². The van der Waals surface area contributed by atoms with Crippen LogP contribution in [-0.2, 0) is 17.6 Å². The minimum atomic E-state index is -0.486. The van der Waals surface area contributed by atoms with Crippen LogP contribution in [0.15, 0.2) is 85.3 Å². The van der Waals surface area contributed by atoms with Crippen LogP contribution in [0.25, 0.3) is 33.5 Å². The lowest BCUT2D eigenvalue weighted by molar-refractivity contribution is 0.0528.